The molecule has 0 fully saturated rings. The van der Waals surface area contributed by atoms with Gasteiger partial charge in [-0.3, -0.25) is 9.59 Å². The molecule has 0 unspecified atom stereocenters. The van der Waals surface area contributed by atoms with E-state index < -0.39 is 39.3 Å². The van der Waals surface area contributed by atoms with E-state index in [9.17, 15) is 22.4 Å². The van der Waals surface area contributed by atoms with Crippen molar-refractivity contribution in [1.82, 2.24) is 5.32 Å². The normalized spacial score (nSPS) is 12.7. The number of carbonyl (C=O) groups is 2. The van der Waals surface area contributed by atoms with Crippen molar-refractivity contribution in [2.24, 2.45) is 0 Å². The van der Waals surface area contributed by atoms with Gasteiger partial charge in [0.2, 0.25) is 5.91 Å². The summed E-state index contributed by atoms with van der Waals surface area (Å²) in [4.78, 5) is 21.8. The predicted molar refractivity (Wildman–Crippen MR) is 68.3 cm³/mol. The van der Waals surface area contributed by atoms with Gasteiger partial charge in [-0.1, -0.05) is 0 Å². The molecular formula is C12H14FNO5S. The minimum absolute atomic E-state index is 0.0852. The average molecular weight is 303 g/mol. The third-order valence-corrected chi connectivity index (χ3v) is 4.25. The zero-order chi connectivity index (χ0) is 15.3. The van der Waals surface area contributed by atoms with Crippen LogP contribution in [0, 0.1) is 5.82 Å². The van der Waals surface area contributed by atoms with E-state index in [4.69, 9.17) is 5.11 Å². The van der Waals surface area contributed by atoms with E-state index in [1.54, 1.807) is 0 Å². The van der Waals surface area contributed by atoms with E-state index in [1.165, 1.54) is 6.92 Å². The minimum atomic E-state index is -3.70. The number of carboxylic acids is 1. The number of benzene rings is 1. The fourth-order valence-corrected chi connectivity index (χ4v) is 2.60. The first-order valence-corrected chi connectivity index (χ1v) is 7.38. The third kappa shape index (κ3) is 4.61. The van der Waals surface area contributed by atoms with Crippen molar-refractivity contribution in [2.75, 3.05) is 5.75 Å². The molecule has 0 aliphatic carbocycles. The summed E-state index contributed by atoms with van der Waals surface area (Å²) in [6.45, 7) is 1.27. The molecule has 0 saturated heterocycles. The molecular weight excluding hydrogens is 289 g/mol. The standard InChI is InChI=1S/C12H14FNO5S/c1-8(12(16)17)14-11(15)6-7-20(18,19)10-4-2-9(13)3-5-10/h2-5,8H,6-7H2,1H3,(H,14,15)(H,16,17)/t8-/m0/s1. The van der Waals surface area contributed by atoms with Crippen LogP contribution in [-0.2, 0) is 19.4 Å². The zero-order valence-electron chi connectivity index (χ0n) is 10.7. The Morgan fingerprint density at radius 1 is 1.30 bits per heavy atom. The molecule has 0 spiro atoms. The van der Waals surface area contributed by atoms with Gasteiger partial charge < -0.3 is 10.4 Å². The van der Waals surface area contributed by atoms with E-state index in [2.05, 4.69) is 5.32 Å². The number of carboxylic acid groups (broad SMARTS) is 1. The predicted octanol–water partition coefficient (Wildman–Crippen LogP) is 0.579. The zero-order valence-corrected chi connectivity index (χ0v) is 11.5. The lowest BCUT2D eigenvalue weighted by molar-refractivity contribution is -0.141. The Kier molecular flexibility index (Phi) is 5.20. The molecule has 0 aliphatic heterocycles. The van der Waals surface area contributed by atoms with Gasteiger partial charge in [0, 0.05) is 6.42 Å². The fourth-order valence-electron chi connectivity index (χ4n) is 1.36. The monoisotopic (exact) mass is 303 g/mol. The maximum atomic E-state index is 12.7. The summed E-state index contributed by atoms with van der Waals surface area (Å²) >= 11 is 0. The number of amides is 1. The van der Waals surface area contributed by atoms with Crippen LogP contribution in [0.3, 0.4) is 0 Å². The van der Waals surface area contributed by atoms with Crippen molar-refractivity contribution in [3.8, 4) is 0 Å². The van der Waals surface area contributed by atoms with Crippen molar-refractivity contribution in [3.63, 3.8) is 0 Å². The summed E-state index contributed by atoms with van der Waals surface area (Å²) in [7, 11) is -3.70. The van der Waals surface area contributed by atoms with Gasteiger partial charge in [0.05, 0.1) is 10.6 Å². The molecule has 6 nitrogen and oxygen atoms in total. The quantitative estimate of drug-likeness (QED) is 0.749. The Morgan fingerprint density at radius 2 is 1.85 bits per heavy atom. The molecule has 0 heterocycles. The van der Waals surface area contributed by atoms with Gasteiger partial charge in [0.15, 0.2) is 9.84 Å². The molecule has 110 valence electrons. The largest absolute Gasteiger partial charge is 0.480 e. The molecule has 0 radical (unpaired) electrons. The highest BCUT2D eigenvalue weighted by atomic mass is 32.2. The molecule has 2 N–H and O–H groups in total. The average Bonchev–Trinajstić information content (AvgIpc) is 2.37. The van der Waals surface area contributed by atoms with Crippen molar-refractivity contribution < 1.29 is 27.5 Å². The number of aliphatic carboxylic acids is 1. The smallest absolute Gasteiger partial charge is 0.325 e. The van der Waals surface area contributed by atoms with Gasteiger partial charge in [-0.2, -0.15) is 0 Å². The van der Waals surface area contributed by atoms with Crippen LogP contribution in [0.25, 0.3) is 0 Å². The number of nitrogens with one attached hydrogen (secondary N) is 1. The van der Waals surface area contributed by atoms with E-state index in [0.717, 1.165) is 24.3 Å². The molecule has 0 bridgehead atoms. The van der Waals surface area contributed by atoms with Crippen LogP contribution in [0.1, 0.15) is 13.3 Å². The first-order chi connectivity index (χ1) is 9.22. The summed E-state index contributed by atoms with van der Waals surface area (Å²) < 4.78 is 36.4. The maximum absolute atomic E-state index is 12.7. The number of hydrogen-bond acceptors (Lipinski definition) is 4. The highest BCUT2D eigenvalue weighted by molar-refractivity contribution is 7.91. The van der Waals surface area contributed by atoms with E-state index >= 15 is 0 Å². The molecule has 1 aromatic rings. The van der Waals surface area contributed by atoms with Gasteiger partial charge in [-0.25, -0.2) is 12.8 Å². The lowest BCUT2D eigenvalue weighted by Crippen LogP contribution is -2.38. The maximum Gasteiger partial charge on any atom is 0.325 e. The van der Waals surface area contributed by atoms with Gasteiger partial charge >= 0.3 is 5.97 Å². The van der Waals surface area contributed by atoms with Crippen LogP contribution in [0.15, 0.2) is 29.2 Å². The van der Waals surface area contributed by atoms with Crippen LogP contribution in [0.5, 0.6) is 0 Å². The Bertz CT molecular complexity index is 597. The van der Waals surface area contributed by atoms with Crippen molar-refractivity contribution in [3.05, 3.63) is 30.1 Å². The second-order valence-corrected chi connectivity index (χ2v) is 6.26. The van der Waals surface area contributed by atoms with Gasteiger partial charge in [0.1, 0.15) is 11.9 Å². The highest BCUT2D eigenvalue weighted by Crippen LogP contribution is 2.12. The molecule has 8 heteroatoms. The second-order valence-electron chi connectivity index (χ2n) is 4.15. The van der Waals surface area contributed by atoms with Crippen LogP contribution in [0.2, 0.25) is 0 Å². The summed E-state index contributed by atoms with van der Waals surface area (Å²) in [5.41, 5.74) is 0. The van der Waals surface area contributed by atoms with Crippen LogP contribution in [0.4, 0.5) is 4.39 Å². The van der Waals surface area contributed by atoms with Crippen LogP contribution >= 0.6 is 0 Å². The molecule has 1 amide bonds. The molecule has 0 aromatic heterocycles. The number of sulfone groups is 1. The summed E-state index contributed by atoms with van der Waals surface area (Å²) in [6, 6.07) is 3.17. The Hall–Kier alpha value is -1.96. The van der Waals surface area contributed by atoms with Crippen molar-refractivity contribution in [1.29, 1.82) is 0 Å². The van der Waals surface area contributed by atoms with Crippen molar-refractivity contribution >= 4 is 21.7 Å². The minimum Gasteiger partial charge on any atom is -0.480 e. The summed E-state index contributed by atoms with van der Waals surface area (Å²) in [5, 5.41) is 10.7. The fraction of sp³-hybridized carbons (Fsp3) is 0.333. The van der Waals surface area contributed by atoms with Crippen LogP contribution < -0.4 is 5.32 Å². The lowest BCUT2D eigenvalue weighted by atomic mass is 10.3. The van der Waals surface area contributed by atoms with Crippen molar-refractivity contribution in [2.45, 2.75) is 24.3 Å². The third-order valence-electron chi connectivity index (χ3n) is 2.52. The van der Waals surface area contributed by atoms with Gasteiger partial charge in [-0.15, -0.1) is 0 Å². The highest BCUT2D eigenvalue weighted by Gasteiger charge is 2.19. The number of hydrogen-bond donors (Lipinski definition) is 2. The SMILES string of the molecule is C[C@H](NC(=O)CCS(=O)(=O)c1ccc(F)cc1)C(=O)O. The van der Waals surface area contributed by atoms with Gasteiger partial charge in [-0.05, 0) is 31.2 Å². The van der Waals surface area contributed by atoms with Crippen LogP contribution in [-0.4, -0.2) is 37.2 Å². The topological polar surface area (TPSA) is 101 Å². The Labute approximate surface area is 115 Å². The lowest BCUT2D eigenvalue weighted by Gasteiger charge is -2.09. The number of halogens is 1. The van der Waals surface area contributed by atoms with E-state index in [1.807, 2.05) is 0 Å². The first kappa shape index (κ1) is 16.1. The first-order valence-electron chi connectivity index (χ1n) is 5.73. The molecule has 0 saturated carbocycles. The second kappa shape index (κ2) is 6.47. The molecule has 1 aromatic carbocycles. The summed E-state index contributed by atoms with van der Waals surface area (Å²) in [6.07, 6.45) is -0.364. The Morgan fingerprint density at radius 3 is 2.35 bits per heavy atom. The van der Waals surface area contributed by atoms with Gasteiger partial charge in [0.25, 0.3) is 0 Å². The van der Waals surface area contributed by atoms with E-state index in [-0.39, 0.29) is 11.3 Å². The number of carbonyl (C=O) groups excluding carboxylic acids is 1. The molecule has 1 rings (SSSR count). The summed E-state index contributed by atoms with van der Waals surface area (Å²) in [5.74, 6) is -2.92. The number of rotatable bonds is 6. The van der Waals surface area contributed by atoms with E-state index in [0.29, 0.717) is 0 Å². The Balaban J connectivity index is 2.62. The molecule has 0 aliphatic rings. The molecule has 1 atom stereocenters. The molecule has 20 heavy (non-hydrogen) atoms.